The maximum Gasteiger partial charge on any atom is 0.259 e. The van der Waals surface area contributed by atoms with E-state index < -0.39 is 0 Å². The maximum absolute atomic E-state index is 13.5. The van der Waals surface area contributed by atoms with Crippen molar-refractivity contribution in [3.05, 3.63) is 89.6 Å². The van der Waals surface area contributed by atoms with E-state index in [2.05, 4.69) is 10.1 Å². The molecule has 2 aliphatic rings. The summed E-state index contributed by atoms with van der Waals surface area (Å²) < 4.78 is 18.9. The van der Waals surface area contributed by atoms with Crippen molar-refractivity contribution in [2.24, 2.45) is 0 Å². The van der Waals surface area contributed by atoms with E-state index in [1.807, 2.05) is 53.4 Å². The number of halogens is 1. The fourth-order valence-electron chi connectivity index (χ4n) is 3.98. The molecule has 158 valence electrons. The van der Waals surface area contributed by atoms with Crippen molar-refractivity contribution in [1.29, 1.82) is 0 Å². The first-order valence-electron chi connectivity index (χ1n) is 10.5. The number of rotatable bonds is 4. The predicted octanol–water partition coefficient (Wildman–Crippen LogP) is 5.74. The minimum absolute atomic E-state index is 0.0547. The Hall–Kier alpha value is -3.45. The molecule has 4 aromatic rings. The highest BCUT2D eigenvalue weighted by Crippen LogP contribution is 2.46. The van der Waals surface area contributed by atoms with Crippen molar-refractivity contribution in [3.63, 3.8) is 0 Å². The van der Waals surface area contributed by atoms with Gasteiger partial charge in [-0.1, -0.05) is 41.2 Å². The van der Waals surface area contributed by atoms with Gasteiger partial charge in [0, 0.05) is 21.4 Å². The van der Waals surface area contributed by atoms with Gasteiger partial charge in [0.25, 0.3) is 5.91 Å². The number of fused-ring (bicyclic) bond motifs is 2. The standard InChI is InChI=1S/C25H18FN3O2S/c26-17-5-3-4-15(12-17)13-23-27-24(28-31-23)16-8-11-20-22(14-16)32-21-7-2-1-6-19(21)25(30)29(20)18-9-10-18/h1-8,11-12,14,18H,9-10,13H2. The minimum Gasteiger partial charge on any atom is -0.339 e. The van der Waals surface area contributed by atoms with Crippen molar-refractivity contribution in [1.82, 2.24) is 10.1 Å². The number of anilines is 1. The quantitative estimate of drug-likeness (QED) is 0.403. The summed E-state index contributed by atoms with van der Waals surface area (Å²) in [5.74, 6) is 0.661. The van der Waals surface area contributed by atoms with E-state index in [4.69, 9.17) is 4.52 Å². The molecule has 0 saturated heterocycles. The molecule has 0 bridgehead atoms. The molecule has 2 heterocycles. The monoisotopic (exact) mass is 443 g/mol. The number of hydrogen-bond donors (Lipinski definition) is 0. The van der Waals surface area contributed by atoms with Crippen LogP contribution in [-0.2, 0) is 6.42 Å². The van der Waals surface area contributed by atoms with E-state index in [0.29, 0.717) is 18.1 Å². The first-order valence-corrected chi connectivity index (χ1v) is 11.3. The van der Waals surface area contributed by atoms with Gasteiger partial charge in [-0.25, -0.2) is 4.39 Å². The van der Waals surface area contributed by atoms with Crippen LogP contribution in [0.3, 0.4) is 0 Å². The van der Waals surface area contributed by atoms with Gasteiger partial charge < -0.3 is 9.42 Å². The molecular formula is C25H18FN3O2S. The Labute approximate surface area is 188 Å². The molecule has 0 spiro atoms. The number of carbonyl (C=O) groups is 1. The zero-order valence-electron chi connectivity index (χ0n) is 17.0. The van der Waals surface area contributed by atoms with Crippen molar-refractivity contribution < 1.29 is 13.7 Å². The number of aromatic nitrogens is 2. The van der Waals surface area contributed by atoms with E-state index in [9.17, 15) is 9.18 Å². The second-order valence-electron chi connectivity index (χ2n) is 8.01. The smallest absolute Gasteiger partial charge is 0.259 e. The molecule has 1 aliphatic carbocycles. The van der Waals surface area contributed by atoms with E-state index in [-0.39, 0.29) is 17.8 Å². The molecule has 6 rings (SSSR count). The maximum atomic E-state index is 13.5. The Bertz CT molecular complexity index is 1350. The number of benzene rings is 3. The fraction of sp³-hybridized carbons (Fsp3) is 0.160. The van der Waals surface area contributed by atoms with Crippen LogP contribution in [0.25, 0.3) is 11.4 Å². The largest absolute Gasteiger partial charge is 0.339 e. The van der Waals surface area contributed by atoms with Crippen molar-refractivity contribution in [3.8, 4) is 11.4 Å². The van der Waals surface area contributed by atoms with Crippen molar-refractivity contribution in [2.45, 2.75) is 35.1 Å². The average molecular weight is 444 g/mol. The van der Waals surface area contributed by atoms with Crippen LogP contribution in [0, 0.1) is 5.82 Å². The van der Waals surface area contributed by atoms with Gasteiger partial charge in [-0.2, -0.15) is 4.98 Å². The van der Waals surface area contributed by atoms with Crippen molar-refractivity contribution >= 4 is 23.4 Å². The predicted molar refractivity (Wildman–Crippen MR) is 119 cm³/mol. The second kappa shape index (κ2) is 7.60. The summed E-state index contributed by atoms with van der Waals surface area (Å²) >= 11 is 1.59. The fourth-order valence-corrected chi connectivity index (χ4v) is 5.09. The third-order valence-corrected chi connectivity index (χ3v) is 6.78. The molecule has 3 aromatic carbocycles. The first-order chi connectivity index (χ1) is 15.7. The highest BCUT2D eigenvalue weighted by Gasteiger charge is 2.38. The number of hydrogen-bond acceptors (Lipinski definition) is 5. The Morgan fingerprint density at radius 1 is 1.03 bits per heavy atom. The topological polar surface area (TPSA) is 59.2 Å². The lowest BCUT2D eigenvalue weighted by molar-refractivity contribution is 0.0982. The van der Waals surface area contributed by atoms with Crippen LogP contribution in [0.2, 0.25) is 0 Å². The molecule has 0 atom stereocenters. The zero-order chi connectivity index (χ0) is 21.7. The summed E-state index contributed by atoms with van der Waals surface area (Å²) in [5.41, 5.74) is 3.24. The molecule has 1 aromatic heterocycles. The molecule has 0 N–H and O–H groups in total. The van der Waals surface area contributed by atoms with Gasteiger partial charge in [-0.05, 0) is 60.9 Å². The first kappa shape index (κ1) is 19.3. The molecule has 1 saturated carbocycles. The second-order valence-corrected chi connectivity index (χ2v) is 9.09. The van der Waals surface area contributed by atoms with Crippen LogP contribution in [0.15, 0.2) is 81.0 Å². The van der Waals surface area contributed by atoms with Crippen LogP contribution in [0.4, 0.5) is 10.1 Å². The molecule has 5 nitrogen and oxygen atoms in total. The van der Waals surface area contributed by atoms with Crippen LogP contribution in [-0.4, -0.2) is 22.1 Å². The lowest BCUT2D eigenvalue weighted by atomic mass is 10.1. The van der Waals surface area contributed by atoms with Crippen LogP contribution in [0.1, 0.15) is 34.7 Å². The van der Waals surface area contributed by atoms with E-state index in [0.717, 1.165) is 45.0 Å². The highest BCUT2D eigenvalue weighted by molar-refractivity contribution is 7.99. The summed E-state index contributed by atoms with van der Waals surface area (Å²) in [4.78, 5) is 21.7. The van der Waals surface area contributed by atoms with E-state index in [1.54, 1.807) is 17.8 Å². The summed E-state index contributed by atoms with van der Waals surface area (Å²) in [5, 5.41) is 4.13. The average Bonchev–Trinajstić information content (AvgIpc) is 3.54. The van der Waals surface area contributed by atoms with Gasteiger partial charge in [0.15, 0.2) is 0 Å². The van der Waals surface area contributed by atoms with Gasteiger partial charge in [0.2, 0.25) is 11.7 Å². The third-order valence-electron chi connectivity index (χ3n) is 5.66. The normalized spacial score (nSPS) is 15.3. The Kier molecular flexibility index (Phi) is 4.57. The SMILES string of the molecule is O=C1c2ccccc2Sc2cc(-c3noc(Cc4cccc(F)c4)n3)ccc2N1C1CC1. The van der Waals surface area contributed by atoms with Crippen LogP contribution in [0.5, 0.6) is 0 Å². The molecule has 0 radical (unpaired) electrons. The molecule has 1 amide bonds. The van der Waals surface area contributed by atoms with Crippen LogP contribution >= 0.6 is 11.8 Å². The Morgan fingerprint density at radius 3 is 2.75 bits per heavy atom. The van der Waals surface area contributed by atoms with Gasteiger partial charge in [0.1, 0.15) is 5.82 Å². The van der Waals surface area contributed by atoms with Crippen molar-refractivity contribution in [2.75, 3.05) is 4.90 Å². The van der Waals surface area contributed by atoms with E-state index in [1.165, 1.54) is 12.1 Å². The summed E-state index contributed by atoms with van der Waals surface area (Å²) in [6, 6.07) is 20.3. The van der Waals surface area contributed by atoms with Gasteiger partial charge >= 0.3 is 0 Å². The molecular weight excluding hydrogens is 425 g/mol. The van der Waals surface area contributed by atoms with E-state index >= 15 is 0 Å². The summed E-state index contributed by atoms with van der Waals surface area (Å²) in [7, 11) is 0. The summed E-state index contributed by atoms with van der Waals surface area (Å²) in [6.45, 7) is 0. The number of carbonyl (C=O) groups excluding carboxylic acids is 1. The molecule has 1 aliphatic heterocycles. The number of amides is 1. The van der Waals surface area contributed by atoms with Crippen LogP contribution < -0.4 is 4.90 Å². The zero-order valence-corrected chi connectivity index (χ0v) is 17.8. The lowest BCUT2D eigenvalue weighted by Gasteiger charge is -2.22. The molecule has 7 heteroatoms. The summed E-state index contributed by atoms with van der Waals surface area (Å²) in [6.07, 6.45) is 2.41. The lowest BCUT2D eigenvalue weighted by Crippen LogP contribution is -2.32. The van der Waals surface area contributed by atoms with Gasteiger partial charge in [-0.15, -0.1) is 0 Å². The molecule has 32 heavy (non-hydrogen) atoms. The highest BCUT2D eigenvalue weighted by atomic mass is 32.2. The number of nitrogens with zero attached hydrogens (tertiary/aromatic N) is 3. The minimum atomic E-state index is -0.292. The third kappa shape index (κ3) is 3.48. The Balaban J connectivity index is 1.36. The Morgan fingerprint density at radius 2 is 1.91 bits per heavy atom. The van der Waals surface area contributed by atoms with Gasteiger partial charge in [-0.3, -0.25) is 4.79 Å². The van der Waals surface area contributed by atoms with Gasteiger partial charge in [0.05, 0.1) is 17.7 Å². The molecule has 0 unspecified atom stereocenters. The molecule has 1 fully saturated rings.